The first-order chi connectivity index (χ1) is 9.04. The number of benzene rings is 1. The summed E-state index contributed by atoms with van der Waals surface area (Å²) >= 11 is 5.88. The van der Waals surface area contributed by atoms with Crippen molar-refractivity contribution in [1.82, 2.24) is 4.98 Å². The number of rotatable bonds is 3. The first-order valence-electron chi connectivity index (χ1n) is 5.26. The molecule has 98 valence electrons. The average molecular weight is 282 g/mol. The van der Waals surface area contributed by atoms with E-state index in [1.807, 2.05) is 0 Å². The summed E-state index contributed by atoms with van der Waals surface area (Å²) in [7, 11) is 1.39. The Labute approximate surface area is 113 Å². The van der Waals surface area contributed by atoms with Crippen LogP contribution in [0.1, 0.15) is 10.5 Å². The second-order valence-electron chi connectivity index (χ2n) is 3.68. The normalized spacial score (nSPS) is 10.3. The summed E-state index contributed by atoms with van der Waals surface area (Å²) in [6, 6.07) is 5.60. The molecule has 6 heteroatoms. The summed E-state index contributed by atoms with van der Waals surface area (Å²) in [4.78, 5) is 14.6. The molecule has 0 amide bonds. The maximum atomic E-state index is 13.4. The number of hydrogen-bond acceptors (Lipinski definition) is 3. The Morgan fingerprint density at radius 1 is 1.42 bits per heavy atom. The van der Waals surface area contributed by atoms with Gasteiger partial charge in [-0.05, 0) is 6.07 Å². The number of methoxy groups -OCH3 is 1. The quantitative estimate of drug-likeness (QED) is 0.938. The SMILES string of the molecule is COc1cc(C(=O)O)ncc1-c1cccc(F)c1Cl. The van der Waals surface area contributed by atoms with Crippen LogP contribution in [-0.2, 0) is 0 Å². The zero-order valence-corrected chi connectivity index (χ0v) is 10.6. The highest BCUT2D eigenvalue weighted by molar-refractivity contribution is 6.33. The Kier molecular flexibility index (Phi) is 3.66. The van der Waals surface area contributed by atoms with Crippen LogP contribution in [-0.4, -0.2) is 23.2 Å². The summed E-state index contributed by atoms with van der Waals surface area (Å²) in [6.45, 7) is 0. The fourth-order valence-corrected chi connectivity index (χ4v) is 1.86. The molecule has 1 heterocycles. The molecule has 0 atom stereocenters. The van der Waals surface area contributed by atoms with E-state index < -0.39 is 11.8 Å². The standard InChI is InChI=1S/C13H9ClFNO3/c1-19-11-5-10(13(17)18)16-6-8(11)7-3-2-4-9(15)12(7)14/h2-6H,1H3,(H,17,18). The van der Waals surface area contributed by atoms with Crippen LogP contribution in [0.2, 0.25) is 5.02 Å². The number of ether oxygens (including phenoxy) is 1. The van der Waals surface area contributed by atoms with E-state index in [-0.39, 0.29) is 16.5 Å². The van der Waals surface area contributed by atoms with Gasteiger partial charge in [0.15, 0.2) is 5.69 Å². The minimum atomic E-state index is -1.17. The number of carboxylic acid groups (broad SMARTS) is 1. The number of carboxylic acids is 1. The van der Waals surface area contributed by atoms with Crippen molar-refractivity contribution < 1.29 is 19.0 Å². The minimum absolute atomic E-state index is 0.0642. The smallest absolute Gasteiger partial charge is 0.354 e. The molecule has 0 radical (unpaired) electrons. The van der Waals surface area contributed by atoms with Gasteiger partial charge in [0.25, 0.3) is 0 Å². The maximum absolute atomic E-state index is 13.4. The Hall–Kier alpha value is -2.14. The molecule has 0 aliphatic carbocycles. The largest absolute Gasteiger partial charge is 0.496 e. The monoisotopic (exact) mass is 281 g/mol. The van der Waals surface area contributed by atoms with Crippen LogP contribution in [0.25, 0.3) is 11.1 Å². The predicted octanol–water partition coefficient (Wildman–Crippen LogP) is 3.25. The van der Waals surface area contributed by atoms with Crippen LogP contribution in [0.4, 0.5) is 4.39 Å². The van der Waals surface area contributed by atoms with Crippen LogP contribution >= 0.6 is 11.6 Å². The molecule has 0 aliphatic rings. The second-order valence-corrected chi connectivity index (χ2v) is 4.05. The molecule has 0 bridgehead atoms. The number of hydrogen-bond donors (Lipinski definition) is 1. The molecule has 0 saturated heterocycles. The van der Waals surface area contributed by atoms with E-state index in [0.717, 1.165) is 0 Å². The van der Waals surface area contributed by atoms with Crippen molar-refractivity contribution in [2.75, 3.05) is 7.11 Å². The van der Waals surface area contributed by atoms with Crippen molar-refractivity contribution in [3.63, 3.8) is 0 Å². The lowest BCUT2D eigenvalue weighted by Gasteiger charge is -2.10. The van der Waals surface area contributed by atoms with Gasteiger partial charge in [-0.2, -0.15) is 0 Å². The number of nitrogens with zero attached hydrogens (tertiary/aromatic N) is 1. The minimum Gasteiger partial charge on any atom is -0.496 e. The van der Waals surface area contributed by atoms with Crippen molar-refractivity contribution in [3.8, 4) is 16.9 Å². The van der Waals surface area contributed by atoms with Gasteiger partial charge in [-0.25, -0.2) is 14.2 Å². The van der Waals surface area contributed by atoms with E-state index in [1.54, 1.807) is 6.07 Å². The molecule has 0 unspecified atom stereocenters. The number of carbonyl (C=O) groups is 1. The lowest BCUT2D eigenvalue weighted by molar-refractivity contribution is 0.0690. The maximum Gasteiger partial charge on any atom is 0.354 e. The Morgan fingerprint density at radius 2 is 2.16 bits per heavy atom. The number of aromatic carboxylic acids is 1. The summed E-state index contributed by atoms with van der Waals surface area (Å²) in [5.41, 5.74) is 0.660. The van der Waals surface area contributed by atoms with Gasteiger partial charge in [-0.1, -0.05) is 23.7 Å². The van der Waals surface area contributed by atoms with Crippen molar-refractivity contribution in [3.05, 3.63) is 47.0 Å². The van der Waals surface area contributed by atoms with E-state index in [9.17, 15) is 9.18 Å². The van der Waals surface area contributed by atoms with Gasteiger partial charge in [0.1, 0.15) is 11.6 Å². The first-order valence-corrected chi connectivity index (χ1v) is 5.64. The lowest BCUT2D eigenvalue weighted by atomic mass is 10.1. The van der Waals surface area contributed by atoms with Gasteiger partial charge >= 0.3 is 5.97 Å². The van der Waals surface area contributed by atoms with Gasteiger partial charge in [0.2, 0.25) is 0 Å². The second kappa shape index (κ2) is 5.24. The highest BCUT2D eigenvalue weighted by Crippen LogP contribution is 2.35. The fourth-order valence-electron chi connectivity index (χ4n) is 1.64. The van der Waals surface area contributed by atoms with Gasteiger partial charge in [-0.15, -0.1) is 0 Å². The Bertz CT molecular complexity index is 646. The number of halogens is 2. The van der Waals surface area contributed by atoms with E-state index in [0.29, 0.717) is 11.1 Å². The zero-order valence-electron chi connectivity index (χ0n) is 9.85. The highest BCUT2D eigenvalue weighted by atomic mass is 35.5. The van der Waals surface area contributed by atoms with Crippen molar-refractivity contribution in [2.45, 2.75) is 0 Å². The molecule has 2 aromatic rings. The summed E-state index contributed by atoms with van der Waals surface area (Å²) in [5, 5.41) is 8.80. The van der Waals surface area contributed by atoms with E-state index in [4.69, 9.17) is 21.4 Å². The molecule has 0 saturated carbocycles. The third-order valence-corrected chi connectivity index (χ3v) is 2.93. The summed E-state index contributed by atoms with van der Waals surface area (Å²) in [5.74, 6) is -1.47. The molecular weight excluding hydrogens is 273 g/mol. The summed E-state index contributed by atoms with van der Waals surface area (Å²) in [6.07, 6.45) is 1.29. The molecule has 0 spiro atoms. The van der Waals surface area contributed by atoms with Crippen LogP contribution in [0.3, 0.4) is 0 Å². The third kappa shape index (κ3) is 2.51. The highest BCUT2D eigenvalue weighted by Gasteiger charge is 2.15. The first kappa shape index (κ1) is 13.3. The average Bonchev–Trinajstić information content (AvgIpc) is 2.41. The van der Waals surface area contributed by atoms with Crippen LogP contribution in [0, 0.1) is 5.82 Å². The van der Waals surface area contributed by atoms with E-state index in [1.165, 1.54) is 31.5 Å². The van der Waals surface area contributed by atoms with Crippen LogP contribution < -0.4 is 4.74 Å². The third-order valence-electron chi connectivity index (χ3n) is 2.55. The fraction of sp³-hybridized carbons (Fsp3) is 0.0769. The molecule has 0 fully saturated rings. The van der Waals surface area contributed by atoms with E-state index in [2.05, 4.69) is 4.98 Å². The van der Waals surface area contributed by atoms with Crippen molar-refractivity contribution >= 4 is 17.6 Å². The van der Waals surface area contributed by atoms with Crippen molar-refractivity contribution in [2.24, 2.45) is 0 Å². The van der Waals surface area contributed by atoms with Crippen LogP contribution in [0.15, 0.2) is 30.5 Å². The Morgan fingerprint density at radius 3 is 2.79 bits per heavy atom. The molecule has 4 nitrogen and oxygen atoms in total. The Balaban J connectivity index is 2.62. The van der Waals surface area contributed by atoms with Gasteiger partial charge < -0.3 is 9.84 Å². The number of aromatic nitrogens is 1. The molecule has 0 aliphatic heterocycles. The topological polar surface area (TPSA) is 59.4 Å². The molecule has 1 aromatic heterocycles. The lowest BCUT2D eigenvalue weighted by Crippen LogP contribution is -2.01. The molecule has 1 N–H and O–H groups in total. The molecule has 1 aromatic carbocycles. The molecule has 2 rings (SSSR count). The summed E-state index contributed by atoms with van der Waals surface area (Å²) < 4.78 is 18.5. The van der Waals surface area contributed by atoms with Gasteiger partial charge in [0.05, 0.1) is 12.1 Å². The van der Waals surface area contributed by atoms with E-state index >= 15 is 0 Å². The zero-order chi connectivity index (χ0) is 14.0. The molecular formula is C13H9ClFNO3. The van der Waals surface area contributed by atoms with Gasteiger partial charge in [0, 0.05) is 23.4 Å². The van der Waals surface area contributed by atoms with Gasteiger partial charge in [-0.3, -0.25) is 0 Å². The van der Waals surface area contributed by atoms with Crippen LogP contribution in [0.5, 0.6) is 5.75 Å². The number of pyridine rings is 1. The van der Waals surface area contributed by atoms with Crippen molar-refractivity contribution in [1.29, 1.82) is 0 Å². The molecule has 19 heavy (non-hydrogen) atoms. The predicted molar refractivity (Wildman–Crippen MR) is 68.2 cm³/mol.